The van der Waals surface area contributed by atoms with E-state index < -0.39 is 4.92 Å². The highest BCUT2D eigenvalue weighted by molar-refractivity contribution is 6.30. The summed E-state index contributed by atoms with van der Waals surface area (Å²) in [6.07, 6.45) is 0.487. The van der Waals surface area contributed by atoms with Crippen LogP contribution in [-0.2, 0) is 4.79 Å². The number of halogens is 1. The molecule has 108 valence electrons. The first kappa shape index (κ1) is 14.6. The fourth-order valence-electron chi connectivity index (χ4n) is 2.33. The van der Waals surface area contributed by atoms with Crippen molar-refractivity contribution in [2.45, 2.75) is 13.3 Å². The molecule has 0 unspecified atom stereocenters. The number of piperazine rings is 1. The number of rotatable bonds is 3. The lowest BCUT2D eigenvalue weighted by Crippen LogP contribution is -2.48. The average molecular weight is 298 g/mol. The molecule has 1 aromatic rings. The Morgan fingerprint density at radius 3 is 2.55 bits per heavy atom. The minimum atomic E-state index is -0.426. The molecular weight excluding hydrogens is 282 g/mol. The molecule has 6 nitrogen and oxygen atoms in total. The van der Waals surface area contributed by atoms with E-state index in [0.717, 1.165) is 0 Å². The first-order chi connectivity index (χ1) is 9.52. The monoisotopic (exact) mass is 297 g/mol. The van der Waals surface area contributed by atoms with Crippen molar-refractivity contribution in [2.75, 3.05) is 31.1 Å². The van der Waals surface area contributed by atoms with Crippen molar-refractivity contribution < 1.29 is 9.72 Å². The van der Waals surface area contributed by atoms with Gasteiger partial charge in [0, 0.05) is 43.7 Å². The number of hydrogen-bond donors (Lipinski definition) is 0. The standard InChI is InChI=1S/C13H16ClN3O3/c1-2-13(18)16-7-5-15(6-8-16)11-4-3-10(14)9-12(11)17(19)20/h3-4,9H,2,5-8H2,1H3. The van der Waals surface area contributed by atoms with Gasteiger partial charge in [-0.2, -0.15) is 0 Å². The van der Waals surface area contributed by atoms with E-state index in [0.29, 0.717) is 43.3 Å². The molecule has 0 bridgehead atoms. The van der Waals surface area contributed by atoms with Crippen LogP contribution in [0.1, 0.15) is 13.3 Å². The molecule has 0 saturated carbocycles. The van der Waals surface area contributed by atoms with Crippen LogP contribution in [0, 0.1) is 10.1 Å². The van der Waals surface area contributed by atoms with E-state index in [2.05, 4.69) is 0 Å². The topological polar surface area (TPSA) is 66.7 Å². The summed E-state index contributed by atoms with van der Waals surface area (Å²) < 4.78 is 0. The summed E-state index contributed by atoms with van der Waals surface area (Å²) in [6, 6.07) is 4.67. The maximum absolute atomic E-state index is 11.6. The Morgan fingerprint density at radius 2 is 2.00 bits per heavy atom. The molecule has 0 spiro atoms. The number of amides is 1. The first-order valence-corrected chi connectivity index (χ1v) is 6.87. The zero-order valence-electron chi connectivity index (χ0n) is 11.2. The van der Waals surface area contributed by atoms with Gasteiger partial charge in [-0.1, -0.05) is 18.5 Å². The zero-order valence-corrected chi connectivity index (χ0v) is 12.0. The summed E-state index contributed by atoms with van der Waals surface area (Å²) in [6.45, 7) is 4.19. The molecule has 0 N–H and O–H groups in total. The highest BCUT2D eigenvalue weighted by Gasteiger charge is 2.25. The molecule has 1 aliphatic rings. The number of nitro benzene ring substituents is 1. The summed E-state index contributed by atoms with van der Waals surface area (Å²) >= 11 is 5.81. The Balaban J connectivity index is 2.15. The number of hydrogen-bond acceptors (Lipinski definition) is 4. The lowest BCUT2D eigenvalue weighted by molar-refractivity contribution is -0.384. The summed E-state index contributed by atoms with van der Waals surface area (Å²) in [5, 5.41) is 11.4. The van der Waals surface area contributed by atoms with E-state index in [1.54, 1.807) is 17.0 Å². The van der Waals surface area contributed by atoms with Crippen molar-refractivity contribution in [1.82, 2.24) is 4.90 Å². The fourth-order valence-corrected chi connectivity index (χ4v) is 2.50. The van der Waals surface area contributed by atoms with Crippen LogP contribution in [0.3, 0.4) is 0 Å². The van der Waals surface area contributed by atoms with Crippen LogP contribution in [-0.4, -0.2) is 41.9 Å². The molecular formula is C13H16ClN3O3. The average Bonchev–Trinajstić information content (AvgIpc) is 2.46. The third kappa shape index (κ3) is 3.01. The molecule has 1 aliphatic heterocycles. The molecule has 7 heteroatoms. The van der Waals surface area contributed by atoms with E-state index in [4.69, 9.17) is 11.6 Å². The molecule has 20 heavy (non-hydrogen) atoms. The number of carbonyl (C=O) groups excluding carboxylic acids is 1. The van der Waals surface area contributed by atoms with Gasteiger partial charge in [0.1, 0.15) is 5.69 Å². The van der Waals surface area contributed by atoms with Gasteiger partial charge in [0.15, 0.2) is 0 Å². The van der Waals surface area contributed by atoms with Crippen LogP contribution in [0.4, 0.5) is 11.4 Å². The van der Waals surface area contributed by atoms with Crippen molar-refractivity contribution in [3.63, 3.8) is 0 Å². The Labute approximate surface area is 122 Å². The van der Waals surface area contributed by atoms with E-state index in [1.165, 1.54) is 6.07 Å². The second-order valence-corrected chi connectivity index (χ2v) is 5.05. The molecule has 1 amide bonds. The number of anilines is 1. The second kappa shape index (κ2) is 6.09. The number of carbonyl (C=O) groups is 1. The predicted molar refractivity (Wildman–Crippen MR) is 77.2 cm³/mol. The van der Waals surface area contributed by atoms with Crippen molar-refractivity contribution in [1.29, 1.82) is 0 Å². The molecule has 1 saturated heterocycles. The van der Waals surface area contributed by atoms with E-state index in [1.807, 2.05) is 11.8 Å². The minimum absolute atomic E-state index is 0.00719. The van der Waals surface area contributed by atoms with Gasteiger partial charge >= 0.3 is 0 Å². The van der Waals surface area contributed by atoms with Gasteiger partial charge < -0.3 is 9.80 Å². The SMILES string of the molecule is CCC(=O)N1CCN(c2ccc(Cl)cc2[N+](=O)[O-])CC1. The Bertz CT molecular complexity index is 528. The summed E-state index contributed by atoms with van der Waals surface area (Å²) in [5.74, 6) is 0.121. The number of nitrogens with zero attached hydrogens (tertiary/aromatic N) is 3. The quantitative estimate of drug-likeness (QED) is 0.634. The molecule has 0 atom stereocenters. The largest absolute Gasteiger partial charge is 0.362 e. The first-order valence-electron chi connectivity index (χ1n) is 6.49. The Hall–Kier alpha value is -1.82. The van der Waals surface area contributed by atoms with Crippen LogP contribution in [0.15, 0.2) is 18.2 Å². The Morgan fingerprint density at radius 1 is 1.35 bits per heavy atom. The summed E-state index contributed by atoms with van der Waals surface area (Å²) in [5.41, 5.74) is 0.566. The van der Waals surface area contributed by atoms with Gasteiger partial charge in [0.05, 0.1) is 4.92 Å². The van der Waals surface area contributed by atoms with Crippen LogP contribution in [0.5, 0.6) is 0 Å². The van der Waals surface area contributed by atoms with Crippen LogP contribution >= 0.6 is 11.6 Å². The third-order valence-electron chi connectivity index (χ3n) is 3.41. The number of nitro groups is 1. The van der Waals surface area contributed by atoms with Gasteiger partial charge in [-0.15, -0.1) is 0 Å². The van der Waals surface area contributed by atoms with Gasteiger partial charge in [0.2, 0.25) is 5.91 Å². The third-order valence-corrected chi connectivity index (χ3v) is 3.64. The highest BCUT2D eigenvalue weighted by Crippen LogP contribution is 2.31. The molecule has 2 rings (SSSR count). The molecule has 0 aliphatic carbocycles. The van der Waals surface area contributed by atoms with Crippen molar-refractivity contribution >= 4 is 28.9 Å². The molecule has 0 radical (unpaired) electrons. The smallest absolute Gasteiger partial charge is 0.294 e. The highest BCUT2D eigenvalue weighted by atomic mass is 35.5. The van der Waals surface area contributed by atoms with E-state index in [9.17, 15) is 14.9 Å². The zero-order chi connectivity index (χ0) is 14.7. The normalized spacial score (nSPS) is 15.3. The molecule has 1 aromatic carbocycles. The van der Waals surface area contributed by atoms with Crippen molar-refractivity contribution in [3.05, 3.63) is 33.3 Å². The van der Waals surface area contributed by atoms with E-state index >= 15 is 0 Å². The lowest BCUT2D eigenvalue weighted by Gasteiger charge is -2.35. The van der Waals surface area contributed by atoms with E-state index in [-0.39, 0.29) is 11.6 Å². The molecule has 0 aromatic heterocycles. The molecule has 1 heterocycles. The maximum Gasteiger partial charge on any atom is 0.294 e. The van der Waals surface area contributed by atoms with Gasteiger partial charge in [-0.25, -0.2) is 0 Å². The summed E-state index contributed by atoms with van der Waals surface area (Å²) in [4.78, 5) is 26.0. The van der Waals surface area contributed by atoms with Crippen LogP contribution in [0.25, 0.3) is 0 Å². The predicted octanol–water partition coefficient (Wildman–Crippen LogP) is 2.31. The Kier molecular flexibility index (Phi) is 4.44. The van der Waals surface area contributed by atoms with Crippen LogP contribution < -0.4 is 4.90 Å². The second-order valence-electron chi connectivity index (χ2n) is 4.61. The van der Waals surface area contributed by atoms with Gasteiger partial charge in [-0.05, 0) is 12.1 Å². The number of benzene rings is 1. The van der Waals surface area contributed by atoms with Gasteiger partial charge in [-0.3, -0.25) is 14.9 Å². The lowest BCUT2D eigenvalue weighted by atomic mass is 10.2. The van der Waals surface area contributed by atoms with Crippen molar-refractivity contribution in [2.24, 2.45) is 0 Å². The van der Waals surface area contributed by atoms with Crippen LogP contribution in [0.2, 0.25) is 5.02 Å². The maximum atomic E-state index is 11.6. The molecule has 1 fully saturated rings. The van der Waals surface area contributed by atoms with Gasteiger partial charge in [0.25, 0.3) is 5.69 Å². The fraction of sp³-hybridized carbons (Fsp3) is 0.462. The minimum Gasteiger partial charge on any atom is -0.362 e. The van der Waals surface area contributed by atoms with Crippen molar-refractivity contribution in [3.8, 4) is 0 Å². The summed E-state index contributed by atoms with van der Waals surface area (Å²) in [7, 11) is 0.